The number of nitrogens with one attached hydrogen (secondary N) is 1. The van der Waals surface area contributed by atoms with Crippen LogP contribution in [-0.2, 0) is 6.61 Å². The van der Waals surface area contributed by atoms with Crippen LogP contribution in [0.15, 0.2) is 12.1 Å². The van der Waals surface area contributed by atoms with E-state index in [0.29, 0.717) is 5.52 Å². The average molecular weight is 240 g/mol. The Morgan fingerprint density at radius 3 is 2.94 bits per heavy atom. The van der Waals surface area contributed by atoms with Gasteiger partial charge < -0.3 is 14.8 Å². The van der Waals surface area contributed by atoms with Crippen molar-refractivity contribution < 1.29 is 23.4 Å². The van der Waals surface area contributed by atoms with E-state index >= 15 is 0 Å². The minimum atomic E-state index is -3.84. The molecule has 2 heterocycles. The van der Waals surface area contributed by atoms with Crippen molar-refractivity contribution in [2.75, 3.05) is 0 Å². The van der Waals surface area contributed by atoms with Gasteiger partial charge in [-0.25, -0.2) is 4.98 Å². The fourth-order valence-electron chi connectivity index (χ4n) is 1.79. The number of aromatic amines is 1. The SMILES string of the molecule is O=C1c2ccc3[nH]c(CO)nc3c2OC1(F)F. The topological polar surface area (TPSA) is 75.2 Å². The maximum Gasteiger partial charge on any atom is 0.466 e. The Morgan fingerprint density at radius 2 is 2.24 bits per heavy atom. The second-order valence-corrected chi connectivity index (χ2v) is 3.63. The van der Waals surface area contributed by atoms with Crippen molar-refractivity contribution in [1.29, 1.82) is 0 Å². The Hall–Kier alpha value is -2.02. The van der Waals surface area contributed by atoms with Gasteiger partial charge in [-0.1, -0.05) is 0 Å². The highest BCUT2D eigenvalue weighted by atomic mass is 19.3. The number of rotatable bonds is 1. The van der Waals surface area contributed by atoms with E-state index in [-0.39, 0.29) is 29.3 Å². The fourth-order valence-corrected chi connectivity index (χ4v) is 1.79. The summed E-state index contributed by atoms with van der Waals surface area (Å²) in [6.07, 6.45) is -3.84. The van der Waals surface area contributed by atoms with Gasteiger partial charge in [-0.05, 0) is 12.1 Å². The molecule has 5 nitrogen and oxygen atoms in total. The fraction of sp³-hybridized carbons (Fsp3) is 0.200. The third-order valence-electron chi connectivity index (χ3n) is 2.55. The van der Waals surface area contributed by atoms with Crippen LogP contribution in [0, 0.1) is 0 Å². The zero-order valence-electron chi connectivity index (χ0n) is 8.33. The second kappa shape index (κ2) is 3.01. The zero-order chi connectivity index (χ0) is 12.2. The smallest absolute Gasteiger partial charge is 0.423 e. The zero-order valence-corrected chi connectivity index (χ0v) is 8.33. The number of imidazole rings is 1. The number of nitrogens with zero attached hydrogens (tertiary/aromatic N) is 1. The summed E-state index contributed by atoms with van der Waals surface area (Å²) >= 11 is 0. The van der Waals surface area contributed by atoms with Gasteiger partial charge in [-0.2, -0.15) is 8.78 Å². The molecule has 1 aromatic carbocycles. The molecule has 0 atom stereocenters. The molecule has 0 bridgehead atoms. The molecule has 0 unspecified atom stereocenters. The number of alkyl halides is 2. The lowest BCUT2D eigenvalue weighted by Crippen LogP contribution is -2.28. The number of fused-ring (bicyclic) bond motifs is 3. The second-order valence-electron chi connectivity index (χ2n) is 3.63. The summed E-state index contributed by atoms with van der Waals surface area (Å²) in [4.78, 5) is 17.9. The molecule has 1 aliphatic heterocycles. The summed E-state index contributed by atoms with van der Waals surface area (Å²) < 4.78 is 30.5. The van der Waals surface area contributed by atoms with E-state index in [1.54, 1.807) is 0 Å². The number of aromatic nitrogens is 2. The quantitative estimate of drug-likeness (QED) is 0.785. The van der Waals surface area contributed by atoms with E-state index in [4.69, 9.17) is 5.11 Å². The monoisotopic (exact) mass is 240 g/mol. The first-order valence-electron chi connectivity index (χ1n) is 4.77. The number of hydrogen-bond acceptors (Lipinski definition) is 4. The van der Waals surface area contributed by atoms with Crippen LogP contribution in [0.2, 0.25) is 0 Å². The maximum absolute atomic E-state index is 13.1. The molecule has 17 heavy (non-hydrogen) atoms. The molecule has 88 valence electrons. The van der Waals surface area contributed by atoms with Crippen LogP contribution >= 0.6 is 0 Å². The van der Waals surface area contributed by atoms with Crippen LogP contribution in [0.4, 0.5) is 8.78 Å². The van der Waals surface area contributed by atoms with Gasteiger partial charge in [0, 0.05) is 0 Å². The van der Waals surface area contributed by atoms with E-state index in [2.05, 4.69) is 14.7 Å². The van der Waals surface area contributed by atoms with E-state index < -0.39 is 11.9 Å². The van der Waals surface area contributed by atoms with Crippen molar-refractivity contribution in [1.82, 2.24) is 9.97 Å². The third kappa shape index (κ3) is 1.26. The lowest BCUT2D eigenvalue weighted by molar-refractivity contribution is -0.123. The molecule has 2 N–H and O–H groups in total. The number of ketones is 1. The molecule has 1 aliphatic rings. The van der Waals surface area contributed by atoms with Crippen LogP contribution in [0.3, 0.4) is 0 Å². The number of carbonyl (C=O) groups excluding carboxylic acids is 1. The van der Waals surface area contributed by atoms with Crippen molar-refractivity contribution in [2.24, 2.45) is 0 Å². The van der Waals surface area contributed by atoms with Crippen LogP contribution in [0.25, 0.3) is 11.0 Å². The molecule has 7 heteroatoms. The molecule has 0 amide bonds. The van der Waals surface area contributed by atoms with Crippen molar-refractivity contribution in [3.05, 3.63) is 23.5 Å². The summed E-state index contributed by atoms with van der Waals surface area (Å²) in [5.74, 6) is -1.39. The van der Waals surface area contributed by atoms with E-state index in [9.17, 15) is 13.6 Å². The number of carbonyl (C=O) groups is 1. The first-order chi connectivity index (χ1) is 8.03. The highest BCUT2D eigenvalue weighted by Gasteiger charge is 2.51. The maximum atomic E-state index is 13.1. The Morgan fingerprint density at radius 1 is 1.47 bits per heavy atom. The van der Waals surface area contributed by atoms with Crippen molar-refractivity contribution in [2.45, 2.75) is 12.7 Å². The minimum absolute atomic E-state index is 0.122. The van der Waals surface area contributed by atoms with Gasteiger partial charge in [0.2, 0.25) is 0 Å². The van der Waals surface area contributed by atoms with Crippen molar-refractivity contribution in [3.63, 3.8) is 0 Å². The number of hydrogen-bond donors (Lipinski definition) is 2. The number of aliphatic hydroxyl groups is 1. The van der Waals surface area contributed by atoms with Gasteiger partial charge >= 0.3 is 6.11 Å². The van der Waals surface area contributed by atoms with Crippen LogP contribution < -0.4 is 4.74 Å². The molecule has 0 aliphatic carbocycles. The summed E-state index contributed by atoms with van der Waals surface area (Å²) in [6.45, 7) is -0.353. The Labute approximate surface area is 93.0 Å². The molecule has 0 saturated carbocycles. The first kappa shape index (κ1) is 10.2. The minimum Gasteiger partial charge on any atom is -0.423 e. The molecule has 3 rings (SSSR count). The number of H-pyrrole nitrogens is 1. The highest BCUT2D eigenvalue weighted by Crippen LogP contribution is 2.41. The predicted molar refractivity (Wildman–Crippen MR) is 51.9 cm³/mol. The van der Waals surface area contributed by atoms with Gasteiger partial charge in [-0.3, -0.25) is 4.79 Å². The molecule has 1 aromatic heterocycles. The van der Waals surface area contributed by atoms with Gasteiger partial charge in [0.25, 0.3) is 5.78 Å². The van der Waals surface area contributed by atoms with Crippen LogP contribution in [0.5, 0.6) is 5.75 Å². The van der Waals surface area contributed by atoms with Crippen molar-refractivity contribution in [3.8, 4) is 5.75 Å². The summed E-state index contributed by atoms with van der Waals surface area (Å²) in [7, 11) is 0. The molecular weight excluding hydrogens is 234 g/mol. The molecule has 0 fully saturated rings. The van der Waals surface area contributed by atoms with E-state index in [1.807, 2.05) is 0 Å². The van der Waals surface area contributed by atoms with Gasteiger partial charge in [0.1, 0.15) is 17.9 Å². The standard InChI is InChI=1S/C10H6F2N2O3/c11-10(12)9(16)4-1-2-5-7(8(4)17-10)14-6(3-15)13-5/h1-2,15H,3H2,(H,13,14). The highest BCUT2D eigenvalue weighted by molar-refractivity contribution is 6.09. The number of aliphatic hydroxyl groups excluding tert-OH is 1. The Kier molecular flexibility index (Phi) is 1.80. The van der Waals surface area contributed by atoms with Crippen molar-refractivity contribution >= 4 is 16.8 Å². The van der Waals surface area contributed by atoms with Gasteiger partial charge in [0.05, 0.1) is 11.1 Å². The molecular formula is C10H6F2N2O3. The Balaban J connectivity index is 2.29. The van der Waals surface area contributed by atoms with Gasteiger partial charge in [-0.15, -0.1) is 0 Å². The number of Topliss-reactive ketones (excluding diaryl/α,β-unsaturated/α-hetero) is 1. The molecule has 0 radical (unpaired) electrons. The third-order valence-corrected chi connectivity index (χ3v) is 2.55. The number of ether oxygens (including phenoxy) is 1. The number of benzene rings is 1. The molecule has 2 aromatic rings. The predicted octanol–water partition coefficient (Wildman–Crippen LogP) is 1.22. The largest absolute Gasteiger partial charge is 0.466 e. The summed E-state index contributed by atoms with van der Waals surface area (Å²) in [6, 6.07) is 2.70. The average Bonchev–Trinajstić information content (AvgIpc) is 2.79. The van der Waals surface area contributed by atoms with Crippen LogP contribution in [0.1, 0.15) is 16.2 Å². The number of halogens is 2. The first-order valence-corrected chi connectivity index (χ1v) is 4.77. The van der Waals surface area contributed by atoms with Gasteiger partial charge in [0.15, 0.2) is 5.75 Å². The summed E-state index contributed by atoms with van der Waals surface area (Å²) in [5, 5.41) is 8.89. The normalized spacial score (nSPS) is 17.2. The van der Waals surface area contributed by atoms with Crippen LogP contribution in [-0.4, -0.2) is 27.0 Å². The Bertz CT molecular complexity index is 636. The summed E-state index contributed by atoms with van der Waals surface area (Å²) in [5.41, 5.74) is 0.355. The lowest BCUT2D eigenvalue weighted by Gasteiger charge is -2.05. The van der Waals surface area contributed by atoms with E-state index in [0.717, 1.165) is 0 Å². The molecule has 0 spiro atoms. The lowest BCUT2D eigenvalue weighted by atomic mass is 10.1. The van der Waals surface area contributed by atoms with E-state index in [1.165, 1.54) is 12.1 Å². The molecule has 0 saturated heterocycles.